The molecule has 1 aromatic rings. The van der Waals surface area contributed by atoms with E-state index in [1.165, 1.54) is 25.3 Å². The number of primary sulfonamides is 1. The maximum atomic E-state index is 11.9. The summed E-state index contributed by atoms with van der Waals surface area (Å²) < 4.78 is 52.2. The Hall–Kier alpha value is -1.36. The minimum atomic E-state index is -3.89. The largest absolute Gasteiger partial charge is 0.497 e. The van der Waals surface area contributed by atoms with Gasteiger partial charge in [-0.05, 0) is 12.1 Å². The standard InChI is InChI=1S/C9H15N3O5S2/c1-17-7-2-3-9(8(10)6-7)19(15,16)12-4-5-18(11,13)14/h2-3,6,12H,4-5,10H2,1H3,(H2,11,13,14). The number of nitrogen functional groups attached to an aromatic ring is 1. The van der Waals surface area contributed by atoms with Crippen LogP contribution in [0.5, 0.6) is 5.75 Å². The van der Waals surface area contributed by atoms with Crippen molar-refractivity contribution in [3.05, 3.63) is 18.2 Å². The van der Waals surface area contributed by atoms with Gasteiger partial charge >= 0.3 is 0 Å². The van der Waals surface area contributed by atoms with Gasteiger partial charge in [-0.3, -0.25) is 0 Å². The van der Waals surface area contributed by atoms with Gasteiger partial charge in [0.15, 0.2) is 0 Å². The first-order valence-electron chi connectivity index (χ1n) is 5.09. The van der Waals surface area contributed by atoms with Crippen LogP contribution in [0.3, 0.4) is 0 Å². The van der Waals surface area contributed by atoms with Gasteiger partial charge in [0.2, 0.25) is 20.0 Å². The van der Waals surface area contributed by atoms with Crippen molar-refractivity contribution in [3.8, 4) is 5.75 Å². The van der Waals surface area contributed by atoms with Gasteiger partial charge in [0.25, 0.3) is 0 Å². The fourth-order valence-electron chi connectivity index (χ4n) is 1.29. The highest BCUT2D eigenvalue weighted by Crippen LogP contribution is 2.23. The van der Waals surface area contributed by atoms with E-state index in [1.807, 2.05) is 0 Å². The molecule has 0 bridgehead atoms. The number of hydrogen-bond donors (Lipinski definition) is 3. The summed E-state index contributed by atoms with van der Waals surface area (Å²) in [5.74, 6) is -0.0801. The third kappa shape index (κ3) is 4.67. The molecule has 0 radical (unpaired) electrons. The number of nitrogens with one attached hydrogen (secondary N) is 1. The average molecular weight is 309 g/mol. The van der Waals surface area contributed by atoms with Crippen LogP contribution < -0.4 is 20.3 Å². The normalized spacial score (nSPS) is 12.3. The second-order valence-corrected chi connectivity index (χ2v) is 7.14. The third-order valence-electron chi connectivity index (χ3n) is 2.19. The number of nitrogens with two attached hydrogens (primary N) is 2. The van der Waals surface area contributed by atoms with E-state index in [4.69, 9.17) is 15.6 Å². The molecule has 0 saturated carbocycles. The van der Waals surface area contributed by atoms with E-state index in [-0.39, 0.29) is 17.1 Å². The summed E-state index contributed by atoms with van der Waals surface area (Å²) >= 11 is 0. The highest BCUT2D eigenvalue weighted by molar-refractivity contribution is 7.90. The molecule has 0 aliphatic heterocycles. The zero-order valence-electron chi connectivity index (χ0n) is 10.2. The Morgan fingerprint density at radius 1 is 1.26 bits per heavy atom. The molecule has 0 saturated heterocycles. The number of sulfonamides is 2. The monoisotopic (exact) mass is 309 g/mol. The van der Waals surface area contributed by atoms with Gasteiger partial charge < -0.3 is 10.5 Å². The van der Waals surface area contributed by atoms with Crippen molar-refractivity contribution in [1.29, 1.82) is 0 Å². The molecule has 19 heavy (non-hydrogen) atoms. The van der Waals surface area contributed by atoms with Crippen molar-refractivity contribution in [2.45, 2.75) is 4.90 Å². The summed E-state index contributed by atoms with van der Waals surface area (Å²) in [4.78, 5) is -0.150. The summed E-state index contributed by atoms with van der Waals surface area (Å²) in [5.41, 5.74) is 5.60. The van der Waals surface area contributed by atoms with Crippen LogP contribution in [-0.2, 0) is 20.0 Å². The van der Waals surface area contributed by atoms with Crippen LogP contribution in [0.1, 0.15) is 0 Å². The zero-order valence-corrected chi connectivity index (χ0v) is 11.8. The molecule has 0 fully saturated rings. The van der Waals surface area contributed by atoms with Crippen LogP contribution in [0.25, 0.3) is 0 Å². The molecule has 0 aliphatic carbocycles. The van der Waals surface area contributed by atoms with Gasteiger partial charge in [0.05, 0.1) is 18.6 Å². The van der Waals surface area contributed by atoms with Crippen LogP contribution >= 0.6 is 0 Å². The molecule has 5 N–H and O–H groups in total. The zero-order chi connectivity index (χ0) is 14.7. The van der Waals surface area contributed by atoms with Crippen molar-refractivity contribution in [2.24, 2.45) is 5.14 Å². The molecule has 1 rings (SSSR count). The number of anilines is 1. The molecule has 0 atom stereocenters. The van der Waals surface area contributed by atoms with E-state index < -0.39 is 25.8 Å². The van der Waals surface area contributed by atoms with Crippen molar-refractivity contribution in [3.63, 3.8) is 0 Å². The van der Waals surface area contributed by atoms with Crippen molar-refractivity contribution in [1.82, 2.24) is 4.72 Å². The Kier molecular flexibility index (Phi) is 4.74. The number of methoxy groups -OCH3 is 1. The molecular formula is C9H15N3O5S2. The molecule has 0 unspecified atom stereocenters. The van der Waals surface area contributed by atoms with Gasteiger partial charge in [-0.15, -0.1) is 0 Å². The van der Waals surface area contributed by atoms with Crippen LogP contribution in [0.4, 0.5) is 5.69 Å². The number of hydrogen-bond acceptors (Lipinski definition) is 6. The maximum Gasteiger partial charge on any atom is 0.242 e. The molecule has 8 nitrogen and oxygen atoms in total. The van der Waals surface area contributed by atoms with Crippen LogP contribution in [0.2, 0.25) is 0 Å². The molecule has 0 amide bonds. The van der Waals surface area contributed by atoms with Crippen LogP contribution in [0.15, 0.2) is 23.1 Å². The van der Waals surface area contributed by atoms with Gasteiger partial charge in [-0.1, -0.05) is 0 Å². The van der Waals surface area contributed by atoms with Gasteiger partial charge in [-0.25, -0.2) is 26.7 Å². The first-order valence-corrected chi connectivity index (χ1v) is 8.29. The molecule has 10 heteroatoms. The number of rotatable bonds is 6. The third-order valence-corrected chi connectivity index (χ3v) is 4.49. The lowest BCUT2D eigenvalue weighted by molar-refractivity contribution is 0.414. The van der Waals surface area contributed by atoms with E-state index in [1.54, 1.807) is 0 Å². The van der Waals surface area contributed by atoms with Crippen molar-refractivity contribution < 1.29 is 21.6 Å². The molecule has 1 aromatic carbocycles. The summed E-state index contributed by atoms with van der Waals surface area (Å²) in [6.45, 7) is -0.327. The van der Waals surface area contributed by atoms with Gasteiger partial charge in [0.1, 0.15) is 10.6 Å². The Morgan fingerprint density at radius 2 is 1.89 bits per heavy atom. The predicted octanol–water partition coefficient (Wildman–Crippen LogP) is -1.16. The van der Waals surface area contributed by atoms with E-state index >= 15 is 0 Å². The second-order valence-electron chi connectivity index (χ2n) is 3.67. The summed E-state index contributed by atoms with van der Waals surface area (Å²) in [7, 11) is -6.19. The number of ether oxygens (including phenoxy) is 1. The van der Waals surface area contributed by atoms with E-state index in [0.29, 0.717) is 5.75 Å². The molecule has 0 heterocycles. The van der Waals surface area contributed by atoms with E-state index in [2.05, 4.69) is 4.72 Å². The van der Waals surface area contributed by atoms with Crippen LogP contribution in [-0.4, -0.2) is 36.2 Å². The lowest BCUT2D eigenvalue weighted by atomic mass is 10.3. The molecule has 0 spiro atoms. The van der Waals surface area contributed by atoms with E-state index in [9.17, 15) is 16.8 Å². The topological polar surface area (TPSA) is 142 Å². The highest BCUT2D eigenvalue weighted by Gasteiger charge is 2.18. The van der Waals surface area contributed by atoms with E-state index in [0.717, 1.165) is 0 Å². The number of benzene rings is 1. The maximum absolute atomic E-state index is 11.9. The first kappa shape index (κ1) is 15.7. The summed E-state index contributed by atoms with van der Waals surface area (Å²) in [5, 5.41) is 4.77. The molecule has 108 valence electrons. The Balaban J connectivity index is 2.89. The second kappa shape index (κ2) is 5.74. The molecule has 0 aliphatic rings. The van der Waals surface area contributed by atoms with Crippen molar-refractivity contribution in [2.75, 3.05) is 25.1 Å². The average Bonchev–Trinajstić information content (AvgIpc) is 2.26. The fraction of sp³-hybridized carbons (Fsp3) is 0.333. The Morgan fingerprint density at radius 3 is 2.37 bits per heavy atom. The SMILES string of the molecule is COc1ccc(S(=O)(=O)NCCS(N)(=O)=O)c(N)c1. The van der Waals surface area contributed by atoms with Crippen LogP contribution in [0, 0.1) is 0 Å². The first-order chi connectivity index (χ1) is 8.65. The quantitative estimate of drug-likeness (QED) is 0.566. The minimum Gasteiger partial charge on any atom is -0.497 e. The van der Waals surface area contributed by atoms with Gasteiger partial charge in [0, 0.05) is 12.6 Å². The Labute approximate surface area is 111 Å². The highest BCUT2D eigenvalue weighted by atomic mass is 32.2. The fourth-order valence-corrected chi connectivity index (χ4v) is 2.95. The molecular weight excluding hydrogens is 294 g/mol. The lowest BCUT2D eigenvalue weighted by Gasteiger charge is -2.09. The summed E-state index contributed by atoms with van der Waals surface area (Å²) in [6.07, 6.45) is 0. The smallest absolute Gasteiger partial charge is 0.242 e. The summed E-state index contributed by atoms with van der Waals surface area (Å²) in [6, 6.07) is 4.06. The lowest BCUT2D eigenvalue weighted by Crippen LogP contribution is -2.31. The van der Waals surface area contributed by atoms with Crippen molar-refractivity contribution >= 4 is 25.7 Å². The minimum absolute atomic E-state index is 0.00227. The molecule has 0 aromatic heterocycles. The van der Waals surface area contributed by atoms with Gasteiger partial charge in [-0.2, -0.15) is 0 Å². The predicted molar refractivity (Wildman–Crippen MR) is 70.6 cm³/mol. The Bertz CT molecular complexity index is 654.